The second-order valence-electron chi connectivity index (χ2n) is 10.0. The summed E-state index contributed by atoms with van der Waals surface area (Å²) in [6.07, 6.45) is 12.7. The Bertz CT molecular complexity index is 1450. The molecule has 1 aliphatic carbocycles. The topological polar surface area (TPSA) is 76.2 Å². The van der Waals surface area contributed by atoms with Gasteiger partial charge in [-0.3, -0.25) is 15.1 Å². The Hall–Kier alpha value is -3.69. The van der Waals surface area contributed by atoms with Crippen molar-refractivity contribution in [3.63, 3.8) is 0 Å². The molecule has 7 nitrogen and oxygen atoms in total. The van der Waals surface area contributed by atoms with Gasteiger partial charge < -0.3 is 14.8 Å². The average molecular weight is 556 g/mol. The lowest BCUT2D eigenvalue weighted by Crippen LogP contribution is -2.29. The first-order chi connectivity index (χ1) is 19.1. The van der Waals surface area contributed by atoms with Crippen LogP contribution in [0.15, 0.2) is 101 Å². The number of hydrogen-bond acceptors (Lipinski definition) is 5. The maximum atomic E-state index is 11.0. The van der Waals surface area contributed by atoms with Gasteiger partial charge in [0.15, 0.2) is 5.11 Å². The van der Waals surface area contributed by atoms with Crippen LogP contribution in [0.3, 0.4) is 0 Å². The minimum Gasteiger partial charge on any atom is -0.351 e. The highest BCUT2D eigenvalue weighted by Crippen LogP contribution is 2.43. The predicted octanol–water partition coefficient (Wildman–Crippen LogP) is 7.62. The summed E-state index contributed by atoms with van der Waals surface area (Å²) >= 11 is 7.47. The van der Waals surface area contributed by atoms with E-state index in [0.717, 1.165) is 21.2 Å². The summed E-state index contributed by atoms with van der Waals surface area (Å²) in [5, 5.41) is 15.2. The fraction of sp³-hybridized carbons (Fsp3) is 0.267. The zero-order chi connectivity index (χ0) is 26.8. The van der Waals surface area contributed by atoms with Crippen molar-refractivity contribution in [3.8, 4) is 0 Å². The summed E-state index contributed by atoms with van der Waals surface area (Å²) in [7, 11) is 0. The first-order valence-corrected chi connectivity index (χ1v) is 14.5. The van der Waals surface area contributed by atoms with Crippen LogP contribution < -0.4 is 10.2 Å². The Labute approximate surface area is 237 Å². The van der Waals surface area contributed by atoms with E-state index < -0.39 is 0 Å². The molecule has 9 heteroatoms. The quantitative estimate of drug-likeness (QED) is 0.143. The number of nitro benzene ring substituents is 1. The Balaban J connectivity index is 1.29. The van der Waals surface area contributed by atoms with E-state index in [1.807, 2.05) is 18.3 Å². The number of benzene rings is 2. The highest BCUT2D eigenvalue weighted by Gasteiger charge is 2.41. The SMILES string of the molecule is O=[N+]([O-])c1ccc(Sc2ccc(N3C(=S)N[C@H](c4ccccn4)[C@H]3c3ccn(C4CCCCC4)c3)cc2)cc1. The van der Waals surface area contributed by atoms with Gasteiger partial charge in [-0.25, -0.2) is 0 Å². The molecule has 0 radical (unpaired) electrons. The Morgan fingerprint density at radius 3 is 2.33 bits per heavy atom. The van der Waals surface area contributed by atoms with E-state index in [9.17, 15) is 10.1 Å². The van der Waals surface area contributed by atoms with Gasteiger partial charge >= 0.3 is 0 Å². The van der Waals surface area contributed by atoms with Crippen LogP contribution in [0.5, 0.6) is 0 Å². The molecule has 0 spiro atoms. The fourth-order valence-corrected chi connectivity index (χ4v) is 6.79. The van der Waals surface area contributed by atoms with Crippen molar-refractivity contribution in [2.45, 2.75) is 60.0 Å². The third kappa shape index (κ3) is 5.42. The highest BCUT2D eigenvalue weighted by atomic mass is 32.2. The zero-order valence-electron chi connectivity index (χ0n) is 21.3. The summed E-state index contributed by atoms with van der Waals surface area (Å²) in [4.78, 5) is 19.5. The van der Waals surface area contributed by atoms with Gasteiger partial charge in [0, 0.05) is 52.2 Å². The molecule has 2 aromatic carbocycles. The van der Waals surface area contributed by atoms with Crippen molar-refractivity contribution < 1.29 is 4.92 Å². The van der Waals surface area contributed by atoms with Crippen LogP contribution in [-0.4, -0.2) is 19.6 Å². The van der Waals surface area contributed by atoms with Gasteiger partial charge in [-0.1, -0.05) is 37.1 Å². The van der Waals surface area contributed by atoms with Gasteiger partial charge in [0.1, 0.15) is 0 Å². The van der Waals surface area contributed by atoms with Gasteiger partial charge in [0.25, 0.3) is 5.69 Å². The zero-order valence-corrected chi connectivity index (χ0v) is 23.0. The lowest BCUT2D eigenvalue weighted by molar-refractivity contribution is -0.384. The molecule has 1 aliphatic heterocycles. The summed E-state index contributed by atoms with van der Waals surface area (Å²) in [6.45, 7) is 0. The number of nitrogens with zero attached hydrogens (tertiary/aromatic N) is 4. The van der Waals surface area contributed by atoms with Gasteiger partial charge in [0.05, 0.1) is 22.7 Å². The normalized spacial score (nSPS) is 19.7. The van der Waals surface area contributed by atoms with Gasteiger partial charge in [-0.15, -0.1) is 0 Å². The van der Waals surface area contributed by atoms with E-state index in [4.69, 9.17) is 12.2 Å². The van der Waals surface area contributed by atoms with Gasteiger partial charge in [-0.05, 0) is 85.2 Å². The first kappa shape index (κ1) is 25.6. The van der Waals surface area contributed by atoms with Crippen molar-refractivity contribution in [2.75, 3.05) is 4.90 Å². The average Bonchev–Trinajstić information content (AvgIpc) is 3.59. The number of nitro groups is 1. The molecule has 198 valence electrons. The summed E-state index contributed by atoms with van der Waals surface area (Å²) in [5.41, 5.74) is 3.28. The van der Waals surface area contributed by atoms with Crippen LogP contribution in [0.4, 0.5) is 11.4 Å². The lowest BCUT2D eigenvalue weighted by Gasteiger charge is -2.28. The highest BCUT2D eigenvalue weighted by molar-refractivity contribution is 7.99. The van der Waals surface area contributed by atoms with Crippen molar-refractivity contribution in [1.82, 2.24) is 14.9 Å². The van der Waals surface area contributed by atoms with Gasteiger partial charge in [0.2, 0.25) is 0 Å². The minimum atomic E-state index is -0.381. The predicted molar refractivity (Wildman–Crippen MR) is 158 cm³/mol. The van der Waals surface area contributed by atoms with Crippen molar-refractivity contribution >= 4 is 40.5 Å². The van der Waals surface area contributed by atoms with Crippen molar-refractivity contribution in [1.29, 1.82) is 0 Å². The molecule has 2 aliphatic rings. The molecule has 1 saturated carbocycles. The molecule has 39 heavy (non-hydrogen) atoms. The standard InChI is InChI=1S/C30H29N5O2S2/c36-35(37)24-11-15-26(16-12-24)39-25-13-9-23(10-14-25)34-29(28(32-30(34)38)27-8-4-5-18-31-27)21-17-19-33(20-21)22-6-2-1-3-7-22/h4-5,8-20,22,28-29H,1-3,6-7H2,(H,32,38)/t28-,29-/m1/s1. The van der Waals surface area contributed by atoms with Crippen LogP contribution in [0.25, 0.3) is 0 Å². The van der Waals surface area contributed by atoms with E-state index in [-0.39, 0.29) is 22.7 Å². The molecule has 3 heterocycles. The summed E-state index contributed by atoms with van der Waals surface area (Å²) in [6, 6.07) is 23.6. The molecule has 1 N–H and O–H groups in total. The molecule has 0 amide bonds. The first-order valence-electron chi connectivity index (χ1n) is 13.3. The molecule has 1 saturated heterocycles. The number of anilines is 1. The second kappa shape index (κ2) is 11.2. The monoisotopic (exact) mass is 555 g/mol. The molecular formula is C30H29N5O2S2. The van der Waals surface area contributed by atoms with Crippen LogP contribution in [0.2, 0.25) is 0 Å². The number of nitrogens with one attached hydrogen (secondary N) is 1. The van der Waals surface area contributed by atoms with Crippen LogP contribution >= 0.6 is 24.0 Å². The van der Waals surface area contributed by atoms with Gasteiger partial charge in [-0.2, -0.15) is 0 Å². The Morgan fingerprint density at radius 1 is 0.949 bits per heavy atom. The molecule has 0 unspecified atom stereocenters. The van der Waals surface area contributed by atoms with Crippen molar-refractivity contribution in [2.24, 2.45) is 0 Å². The number of aromatic nitrogens is 2. The number of rotatable bonds is 7. The summed E-state index contributed by atoms with van der Waals surface area (Å²) < 4.78 is 2.40. The fourth-order valence-electron chi connectivity index (χ4n) is 5.63. The molecule has 6 rings (SSSR count). The van der Waals surface area contributed by atoms with Crippen LogP contribution in [0, 0.1) is 10.1 Å². The maximum absolute atomic E-state index is 11.0. The van der Waals surface area contributed by atoms with E-state index in [2.05, 4.69) is 68.6 Å². The lowest BCUT2D eigenvalue weighted by atomic mass is 9.95. The minimum absolute atomic E-state index is 0.0367. The van der Waals surface area contributed by atoms with Crippen molar-refractivity contribution in [3.05, 3.63) is 113 Å². The van der Waals surface area contributed by atoms with Crippen LogP contribution in [0.1, 0.15) is 61.5 Å². The Morgan fingerprint density at radius 2 is 1.67 bits per heavy atom. The molecular weight excluding hydrogens is 526 g/mol. The smallest absolute Gasteiger partial charge is 0.269 e. The number of non-ortho nitro benzene ring substituents is 1. The largest absolute Gasteiger partial charge is 0.351 e. The summed E-state index contributed by atoms with van der Waals surface area (Å²) in [5.74, 6) is 0. The Kier molecular flexibility index (Phi) is 7.34. The van der Waals surface area contributed by atoms with E-state index in [1.54, 1.807) is 23.9 Å². The third-order valence-electron chi connectivity index (χ3n) is 7.57. The maximum Gasteiger partial charge on any atom is 0.269 e. The number of pyridine rings is 1. The molecule has 2 atom stereocenters. The molecule has 2 fully saturated rings. The van der Waals surface area contributed by atoms with E-state index >= 15 is 0 Å². The van der Waals surface area contributed by atoms with E-state index in [0.29, 0.717) is 11.2 Å². The second-order valence-corrected chi connectivity index (χ2v) is 11.6. The number of hydrogen-bond donors (Lipinski definition) is 1. The van der Waals surface area contributed by atoms with Crippen LogP contribution in [-0.2, 0) is 0 Å². The van der Waals surface area contributed by atoms with E-state index in [1.165, 1.54) is 49.8 Å². The molecule has 0 bridgehead atoms. The third-order valence-corrected chi connectivity index (χ3v) is 8.90. The molecule has 2 aromatic heterocycles. The number of thiocarbonyl (C=S) groups is 1. The molecule has 4 aromatic rings.